The lowest BCUT2D eigenvalue weighted by Gasteiger charge is -2.19. The Balaban J connectivity index is 2.49. The van der Waals surface area contributed by atoms with Crippen molar-refractivity contribution in [3.63, 3.8) is 0 Å². The minimum atomic E-state index is -0.224. The summed E-state index contributed by atoms with van der Waals surface area (Å²) in [5.74, 6) is 0.386. The molecule has 1 N–H and O–H groups in total. The van der Waals surface area contributed by atoms with Crippen LogP contribution in [0.3, 0.4) is 0 Å². The molecule has 0 spiro atoms. The van der Waals surface area contributed by atoms with Crippen molar-refractivity contribution in [2.75, 3.05) is 18.5 Å². The third-order valence-corrected chi connectivity index (χ3v) is 2.52. The molecule has 0 saturated heterocycles. The maximum Gasteiger partial charge on any atom is 0.145 e. The number of hydrogen-bond donors (Lipinski definition) is 1. The second kappa shape index (κ2) is 3.08. The fourth-order valence-electron chi connectivity index (χ4n) is 1.13. The van der Waals surface area contributed by atoms with E-state index in [-0.39, 0.29) is 5.82 Å². The summed E-state index contributed by atoms with van der Waals surface area (Å²) in [6, 6.07) is 3.17. The molecule has 0 unspecified atom stereocenters. The average molecular weight is 279 g/mol. The Bertz CT molecular complexity index is 285. The predicted octanol–water partition coefficient (Wildman–Crippen LogP) is 2.23. The van der Waals surface area contributed by atoms with E-state index in [2.05, 4.69) is 5.32 Å². The van der Waals surface area contributed by atoms with Gasteiger partial charge in [-0.15, -0.1) is 0 Å². The molecule has 1 aliphatic rings. The Morgan fingerprint density at radius 1 is 1.50 bits per heavy atom. The molecule has 1 aromatic carbocycles. The van der Waals surface area contributed by atoms with Crippen LogP contribution in [-0.2, 0) is 0 Å². The van der Waals surface area contributed by atoms with E-state index >= 15 is 0 Å². The summed E-state index contributed by atoms with van der Waals surface area (Å²) in [6.45, 7) is 1.39. The largest absolute Gasteiger partial charge is 0.489 e. The Morgan fingerprint density at radius 2 is 2.33 bits per heavy atom. The molecular formula is C8H7FINO. The summed E-state index contributed by atoms with van der Waals surface area (Å²) in [5, 5.41) is 3.13. The van der Waals surface area contributed by atoms with E-state index in [9.17, 15) is 4.39 Å². The van der Waals surface area contributed by atoms with Crippen molar-refractivity contribution >= 4 is 28.3 Å². The standard InChI is InChI=1S/C8H7FINO/c9-5-3-8-7(4-6(5)10)11-1-2-12-8/h3-4,11H,1-2H2. The molecule has 2 rings (SSSR count). The van der Waals surface area contributed by atoms with Crippen LogP contribution in [0.15, 0.2) is 12.1 Å². The molecule has 4 heteroatoms. The van der Waals surface area contributed by atoms with Gasteiger partial charge in [0.15, 0.2) is 0 Å². The number of benzene rings is 1. The van der Waals surface area contributed by atoms with Gasteiger partial charge in [0.05, 0.1) is 9.26 Å². The highest BCUT2D eigenvalue weighted by atomic mass is 127. The zero-order valence-corrected chi connectivity index (χ0v) is 8.39. The predicted molar refractivity (Wildman–Crippen MR) is 53.1 cm³/mol. The Labute approximate surface area is 83.2 Å². The topological polar surface area (TPSA) is 21.3 Å². The molecule has 0 amide bonds. The third kappa shape index (κ3) is 1.35. The normalized spacial score (nSPS) is 14.5. The van der Waals surface area contributed by atoms with E-state index < -0.39 is 0 Å². The van der Waals surface area contributed by atoms with Crippen molar-refractivity contribution in [1.29, 1.82) is 0 Å². The molecule has 2 nitrogen and oxygen atoms in total. The molecule has 0 aliphatic carbocycles. The first-order valence-electron chi connectivity index (χ1n) is 3.63. The lowest BCUT2D eigenvalue weighted by Crippen LogP contribution is -2.18. The van der Waals surface area contributed by atoms with Gasteiger partial charge in [0, 0.05) is 12.6 Å². The van der Waals surface area contributed by atoms with Crippen molar-refractivity contribution < 1.29 is 9.13 Å². The highest BCUT2D eigenvalue weighted by Gasteiger charge is 2.12. The summed E-state index contributed by atoms with van der Waals surface area (Å²) in [4.78, 5) is 0. The van der Waals surface area contributed by atoms with Gasteiger partial charge in [-0.05, 0) is 28.7 Å². The first-order chi connectivity index (χ1) is 5.77. The number of hydrogen-bond acceptors (Lipinski definition) is 2. The number of nitrogens with one attached hydrogen (secondary N) is 1. The third-order valence-electron chi connectivity index (χ3n) is 1.70. The lowest BCUT2D eigenvalue weighted by atomic mass is 10.2. The first kappa shape index (κ1) is 8.10. The van der Waals surface area contributed by atoms with Crippen LogP contribution in [0.5, 0.6) is 5.75 Å². The van der Waals surface area contributed by atoms with Gasteiger partial charge in [-0.1, -0.05) is 0 Å². The van der Waals surface area contributed by atoms with Crippen LogP contribution in [0.4, 0.5) is 10.1 Å². The summed E-state index contributed by atoms with van der Waals surface area (Å²) in [7, 11) is 0. The minimum Gasteiger partial charge on any atom is -0.489 e. The highest BCUT2D eigenvalue weighted by Crippen LogP contribution is 2.30. The van der Waals surface area contributed by atoms with Crippen molar-refractivity contribution in [2.45, 2.75) is 0 Å². The van der Waals surface area contributed by atoms with E-state index in [0.717, 1.165) is 12.2 Å². The zero-order chi connectivity index (χ0) is 8.55. The van der Waals surface area contributed by atoms with Crippen LogP contribution in [0, 0.1) is 9.39 Å². The van der Waals surface area contributed by atoms with Crippen LogP contribution < -0.4 is 10.1 Å². The fraction of sp³-hybridized carbons (Fsp3) is 0.250. The number of anilines is 1. The maximum atomic E-state index is 13.0. The minimum absolute atomic E-state index is 0.224. The monoisotopic (exact) mass is 279 g/mol. The summed E-state index contributed by atoms with van der Waals surface area (Å²) in [5.41, 5.74) is 0.882. The molecule has 1 heterocycles. The van der Waals surface area contributed by atoms with Crippen LogP contribution in [-0.4, -0.2) is 13.2 Å². The Kier molecular flexibility index (Phi) is 2.08. The number of halogens is 2. The number of ether oxygens (including phenoxy) is 1. The van der Waals surface area contributed by atoms with Crippen molar-refractivity contribution in [3.8, 4) is 5.75 Å². The molecule has 1 aliphatic heterocycles. The molecule has 0 fully saturated rings. The van der Waals surface area contributed by atoms with Gasteiger partial charge in [0.2, 0.25) is 0 Å². The van der Waals surface area contributed by atoms with Crippen LogP contribution in [0.2, 0.25) is 0 Å². The molecule has 0 atom stereocenters. The molecule has 0 radical (unpaired) electrons. The smallest absolute Gasteiger partial charge is 0.145 e. The van der Waals surface area contributed by atoms with Crippen LogP contribution >= 0.6 is 22.6 Å². The average Bonchev–Trinajstić information content (AvgIpc) is 2.07. The molecule has 0 saturated carbocycles. The van der Waals surface area contributed by atoms with Gasteiger partial charge >= 0.3 is 0 Å². The Hall–Kier alpha value is -0.520. The van der Waals surface area contributed by atoms with Crippen molar-refractivity contribution in [3.05, 3.63) is 21.5 Å². The van der Waals surface area contributed by atoms with Crippen LogP contribution in [0.1, 0.15) is 0 Å². The SMILES string of the molecule is Fc1cc2c(cc1I)NCCO2. The summed E-state index contributed by atoms with van der Waals surface area (Å²) >= 11 is 1.96. The number of fused-ring (bicyclic) bond motifs is 1. The van der Waals surface area contributed by atoms with E-state index in [1.54, 1.807) is 6.07 Å². The maximum absolute atomic E-state index is 13.0. The van der Waals surface area contributed by atoms with E-state index in [1.165, 1.54) is 6.07 Å². The molecule has 64 valence electrons. The van der Waals surface area contributed by atoms with Crippen molar-refractivity contribution in [1.82, 2.24) is 0 Å². The summed E-state index contributed by atoms with van der Waals surface area (Å²) < 4.78 is 18.9. The van der Waals surface area contributed by atoms with Gasteiger partial charge < -0.3 is 10.1 Å². The van der Waals surface area contributed by atoms with E-state index in [1.807, 2.05) is 22.6 Å². The lowest BCUT2D eigenvalue weighted by molar-refractivity contribution is 0.321. The van der Waals surface area contributed by atoms with Gasteiger partial charge in [0.25, 0.3) is 0 Å². The van der Waals surface area contributed by atoms with Gasteiger partial charge in [-0.3, -0.25) is 0 Å². The number of rotatable bonds is 0. The second-order valence-electron chi connectivity index (χ2n) is 2.54. The van der Waals surface area contributed by atoms with E-state index in [0.29, 0.717) is 15.9 Å². The second-order valence-corrected chi connectivity index (χ2v) is 3.70. The quantitative estimate of drug-likeness (QED) is 0.735. The molecule has 0 bridgehead atoms. The molecule has 0 aromatic heterocycles. The molecule has 1 aromatic rings. The molecule has 12 heavy (non-hydrogen) atoms. The first-order valence-corrected chi connectivity index (χ1v) is 4.71. The zero-order valence-electron chi connectivity index (χ0n) is 6.23. The van der Waals surface area contributed by atoms with E-state index in [4.69, 9.17) is 4.74 Å². The van der Waals surface area contributed by atoms with Gasteiger partial charge in [0.1, 0.15) is 18.2 Å². The molecular weight excluding hydrogens is 272 g/mol. The fourth-order valence-corrected chi connectivity index (χ4v) is 1.60. The van der Waals surface area contributed by atoms with Gasteiger partial charge in [-0.2, -0.15) is 0 Å². The van der Waals surface area contributed by atoms with Crippen molar-refractivity contribution in [2.24, 2.45) is 0 Å². The van der Waals surface area contributed by atoms with Crippen LogP contribution in [0.25, 0.3) is 0 Å². The summed E-state index contributed by atoms with van der Waals surface area (Å²) in [6.07, 6.45) is 0. The highest BCUT2D eigenvalue weighted by molar-refractivity contribution is 14.1. The Morgan fingerprint density at radius 3 is 3.17 bits per heavy atom. The van der Waals surface area contributed by atoms with Gasteiger partial charge in [-0.25, -0.2) is 4.39 Å².